The molecule has 27 heavy (non-hydrogen) atoms. The second-order valence-corrected chi connectivity index (χ2v) is 6.26. The second kappa shape index (κ2) is 7.84. The number of rotatable bonds is 5. The molecule has 0 fully saturated rings. The van der Waals surface area contributed by atoms with Crippen molar-refractivity contribution in [1.82, 2.24) is 15.3 Å². The number of nitrogens with one attached hydrogen (secondary N) is 2. The van der Waals surface area contributed by atoms with Crippen molar-refractivity contribution in [2.75, 3.05) is 6.54 Å². The smallest absolute Gasteiger partial charge is 0.352 e. The van der Waals surface area contributed by atoms with Gasteiger partial charge in [0.1, 0.15) is 5.82 Å². The zero-order valence-electron chi connectivity index (χ0n) is 14.0. The molecule has 0 bridgehead atoms. The minimum absolute atomic E-state index is 0.173. The molecule has 3 aromatic rings. The Morgan fingerprint density at radius 2 is 1.74 bits per heavy atom. The largest absolute Gasteiger partial charge is 0.416 e. The highest BCUT2D eigenvalue weighted by Gasteiger charge is 2.30. The molecule has 8 heteroatoms. The summed E-state index contributed by atoms with van der Waals surface area (Å²) in [6.07, 6.45) is -2.19. The number of hydrogen-bond donors (Lipinski definition) is 2. The third-order valence-corrected chi connectivity index (χ3v) is 4.14. The van der Waals surface area contributed by atoms with E-state index in [2.05, 4.69) is 15.3 Å². The van der Waals surface area contributed by atoms with Crippen LogP contribution in [0.4, 0.5) is 13.2 Å². The minimum atomic E-state index is -4.42. The monoisotopic (exact) mass is 393 g/mol. The van der Waals surface area contributed by atoms with Crippen LogP contribution in [0.1, 0.15) is 21.6 Å². The average molecular weight is 394 g/mol. The van der Waals surface area contributed by atoms with Crippen molar-refractivity contribution in [2.45, 2.75) is 12.6 Å². The van der Waals surface area contributed by atoms with E-state index in [0.717, 1.165) is 35.5 Å². The van der Waals surface area contributed by atoms with Crippen molar-refractivity contribution >= 4 is 17.5 Å². The maximum Gasteiger partial charge on any atom is 0.416 e. The van der Waals surface area contributed by atoms with Gasteiger partial charge in [-0.3, -0.25) is 4.79 Å². The summed E-state index contributed by atoms with van der Waals surface area (Å²) in [6, 6.07) is 11.3. The highest BCUT2D eigenvalue weighted by Crippen LogP contribution is 2.29. The number of alkyl halides is 3. The van der Waals surface area contributed by atoms with Crippen molar-refractivity contribution in [1.29, 1.82) is 0 Å². The summed E-state index contributed by atoms with van der Waals surface area (Å²) in [6.45, 7) is 0.310. The Labute approximate surface area is 158 Å². The van der Waals surface area contributed by atoms with E-state index in [9.17, 15) is 18.0 Å². The summed E-state index contributed by atoms with van der Waals surface area (Å²) < 4.78 is 37.6. The molecule has 0 aliphatic carbocycles. The molecule has 2 N–H and O–H groups in total. The summed E-state index contributed by atoms with van der Waals surface area (Å²) in [7, 11) is 0. The zero-order valence-corrected chi connectivity index (χ0v) is 14.7. The number of carbonyl (C=O) groups is 1. The highest BCUT2D eigenvalue weighted by molar-refractivity contribution is 6.30. The van der Waals surface area contributed by atoms with Crippen LogP contribution in [0.3, 0.4) is 0 Å². The number of aromatic amines is 1. The summed E-state index contributed by atoms with van der Waals surface area (Å²) in [4.78, 5) is 19.5. The molecule has 4 nitrogen and oxygen atoms in total. The molecule has 0 radical (unpaired) electrons. The standard InChI is InChI=1S/C19H15ClF3N3O/c20-15-7-3-12(4-8-15)17-25-11-16(26-17)9-10-24-18(27)13-1-5-14(6-2-13)19(21,22)23/h1-8,11H,9-10H2,(H,24,27)(H,25,26). The van der Waals surface area contributed by atoms with Crippen molar-refractivity contribution in [3.05, 3.63) is 76.6 Å². The third kappa shape index (κ3) is 4.89. The van der Waals surface area contributed by atoms with E-state index >= 15 is 0 Å². The van der Waals surface area contributed by atoms with E-state index in [-0.39, 0.29) is 5.56 Å². The van der Waals surface area contributed by atoms with Crippen LogP contribution in [0.15, 0.2) is 54.7 Å². The van der Waals surface area contributed by atoms with Gasteiger partial charge in [-0.2, -0.15) is 13.2 Å². The topological polar surface area (TPSA) is 57.8 Å². The van der Waals surface area contributed by atoms with E-state index in [1.807, 2.05) is 12.1 Å². The van der Waals surface area contributed by atoms with Gasteiger partial charge in [0.25, 0.3) is 5.91 Å². The molecule has 140 valence electrons. The van der Waals surface area contributed by atoms with Crippen molar-refractivity contribution in [3.63, 3.8) is 0 Å². The lowest BCUT2D eigenvalue weighted by Crippen LogP contribution is -2.25. The van der Waals surface area contributed by atoms with Crippen LogP contribution < -0.4 is 5.32 Å². The number of benzene rings is 2. The van der Waals surface area contributed by atoms with E-state index in [1.165, 1.54) is 0 Å². The molecule has 0 unspecified atom stereocenters. The fourth-order valence-corrected chi connectivity index (χ4v) is 2.59. The molecule has 0 saturated carbocycles. The number of hydrogen-bond acceptors (Lipinski definition) is 2. The predicted molar refractivity (Wildman–Crippen MR) is 96.5 cm³/mol. The van der Waals surface area contributed by atoms with Crippen LogP contribution in [-0.2, 0) is 12.6 Å². The first-order chi connectivity index (χ1) is 12.8. The lowest BCUT2D eigenvalue weighted by Gasteiger charge is -2.08. The van der Waals surface area contributed by atoms with E-state index < -0.39 is 17.6 Å². The quantitative estimate of drug-likeness (QED) is 0.659. The van der Waals surface area contributed by atoms with E-state index in [1.54, 1.807) is 18.3 Å². The van der Waals surface area contributed by atoms with Crippen LogP contribution in [0.25, 0.3) is 11.4 Å². The molecule has 0 saturated heterocycles. The predicted octanol–water partition coefficient (Wildman–Crippen LogP) is 4.72. The zero-order chi connectivity index (χ0) is 19.4. The van der Waals surface area contributed by atoms with Crippen LogP contribution in [0, 0.1) is 0 Å². The van der Waals surface area contributed by atoms with Crippen molar-refractivity contribution in [2.24, 2.45) is 0 Å². The fraction of sp³-hybridized carbons (Fsp3) is 0.158. The van der Waals surface area contributed by atoms with Gasteiger partial charge in [0.05, 0.1) is 11.3 Å². The number of carbonyl (C=O) groups excluding carboxylic acids is 1. The number of imidazole rings is 1. The molecule has 0 aliphatic rings. The molecule has 0 spiro atoms. The Morgan fingerprint density at radius 3 is 2.37 bits per heavy atom. The van der Waals surface area contributed by atoms with Crippen molar-refractivity contribution < 1.29 is 18.0 Å². The molecular weight excluding hydrogens is 379 g/mol. The van der Waals surface area contributed by atoms with E-state index in [4.69, 9.17) is 11.6 Å². The number of amides is 1. The molecule has 3 rings (SSSR count). The van der Waals surface area contributed by atoms with Crippen LogP contribution in [0.5, 0.6) is 0 Å². The minimum Gasteiger partial charge on any atom is -0.352 e. The van der Waals surface area contributed by atoms with Gasteiger partial charge < -0.3 is 10.3 Å². The highest BCUT2D eigenvalue weighted by atomic mass is 35.5. The normalized spacial score (nSPS) is 11.4. The third-order valence-electron chi connectivity index (χ3n) is 3.89. The Hall–Kier alpha value is -2.80. The number of aromatic nitrogens is 2. The number of nitrogens with zero attached hydrogens (tertiary/aromatic N) is 1. The number of H-pyrrole nitrogens is 1. The van der Waals surface area contributed by atoms with Gasteiger partial charge >= 0.3 is 6.18 Å². The summed E-state index contributed by atoms with van der Waals surface area (Å²) in [5, 5.41) is 3.31. The van der Waals surface area contributed by atoms with Crippen LogP contribution in [0.2, 0.25) is 5.02 Å². The fourth-order valence-electron chi connectivity index (χ4n) is 2.46. The molecule has 0 atom stereocenters. The Bertz CT molecular complexity index is 919. The Balaban J connectivity index is 1.54. The van der Waals surface area contributed by atoms with Gasteiger partial charge in [-0.25, -0.2) is 4.98 Å². The SMILES string of the molecule is O=C(NCCc1c[nH]c(-c2ccc(Cl)cc2)n1)c1ccc(C(F)(F)F)cc1. The molecule has 1 aromatic heterocycles. The lowest BCUT2D eigenvalue weighted by molar-refractivity contribution is -0.137. The average Bonchev–Trinajstić information content (AvgIpc) is 3.10. The van der Waals surface area contributed by atoms with E-state index in [0.29, 0.717) is 23.8 Å². The summed E-state index contributed by atoms with van der Waals surface area (Å²) in [5.74, 6) is 0.257. The lowest BCUT2D eigenvalue weighted by atomic mass is 10.1. The summed E-state index contributed by atoms with van der Waals surface area (Å²) >= 11 is 5.86. The molecule has 1 amide bonds. The van der Waals surface area contributed by atoms with Gasteiger partial charge in [0, 0.05) is 35.3 Å². The van der Waals surface area contributed by atoms with Gasteiger partial charge in [0.2, 0.25) is 0 Å². The Kier molecular flexibility index (Phi) is 5.51. The van der Waals surface area contributed by atoms with Gasteiger partial charge in [0.15, 0.2) is 0 Å². The first kappa shape index (κ1) is 19.0. The van der Waals surface area contributed by atoms with Crippen LogP contribution >= 0.6 is 11.6 Å². The summed E-state index contributed by atoms with van der Waals surface area (Å²) in [5.41, 5.74) is 1.03. The van der Waals surface area contributed by atoms with Crippen LogP contribution in [-0.4, -0.2) is 22.4 Å². The first-order valence-corrected chi connectivity index (χ1v) is 8.46. The van der Waals surface area contributed by atoms with Gasteiger partial charge in [-0.1, -0.05) is 11.6 Å². The first-order valence-electron chi connectivity index (χ1n) is 8.08. The number of halogens is 4. The Morgan fingerprint density at radius 1 is 1.07 bits per heavy atom. The maximum absolute atomic E-state index is 12.5. The van der Waals surface area contributed by atoms with Gasteiger partial charge in [-0.05, 0) is 48.5 Å². The van der Waals surface area contributed by atoms with Crippen molar-refractivity contribution in [3.8, 4) is 11.4 Å². The molecular formula is C19H15ClF3N3O. The molecule has 0 aliphatic heterocycles. The molecule has 1 heterocycles. The van der Waals surface area contributed by atoms with Gasteiger partial charge in [-0.15, -0.1) is 0 Å². The molecule has 2 aromatic carbocycles. The second-order valence-electron chi connectivity index (χ2n) is 5.83. The maximum atomic E-state index is 12.5.